The number of rotatable bonds is 9. The van der Waals surface area contributed by atoms with Crippen LogP contribution in [0.4, 0.5) is 0 Å². The lowest BCUT2D eigenvalue weighted by molar-refractivity contribution is 0.584. The van der Waals surface area contributed by atoms with Gasteiger partial charge in [-0.1, -0.05) is 12.1 Å². The van der Waals surface area contributed by atoms with E-state index in [4.69, 9.17) is 0 Å². The molecule has 0 aliphatic carbocycles. The summed E-state index contributed by atoms with van der Waals surface area (Å²) in [6, 6.07) is 8.92. The van der Waals surface area contributed by atoms with Crippen LogP contribution in [0.25, 0.3) is 0 Å². The molecule has 0 amide bonds. The molecule has 0 radical (unpaired) electrons. The Hall–Kier alpha value is -2.35. The average Bonchev–Trinajstić information content (AvgIpc) is 3.12. The second kappa shape index (κ2) is 9.96. The third-order valence-corrected chi connectivity index (χ3v) is 4.90. The van der Waals surface area contributed by atoms with E-state index in [1.54, 1.807) is 18.3 Å². The van der Waals surface area contributed by atoms with Crippen molar-refractivity contribution in [1.82, 2.24) is 20.4 Å². The third kappa shape index (κ3) is 6.87. The molecule has 142 valence electrons. The predicted molar refractivity (Wildman–Crippen MR) is 104 cm³/mol. The van der Waals surface area contributed by atoms with Gasteiger partial charge in [0.2, 0.25) is 0 Å². The molecule has 0 fully saturated rings. The molecule has 1 heterocycles. The lowest BCUT2D eigenvalue weighted by atomic mass is 10.1. The molecule has 0 saturated carbocycles. The Bertz CT molecular complexity index is 783. The van der Waals surface area contributed by atoms with Crippen molar-refractivity contribution in [2.24, 2.45) is 4.99 Å². The Morgan fingerprint density at radius 3 is 2.62 bits per heavy atom. The smallest absolute Gasteiger partial charge is 0.191 e. The van der Waals surface area contributed by atoms with Gasteiger partial charge in [0.25, 0.3) is 0 Å². The molecule has 2 rings (SSSR count). The van der Waals surface area contributed by atoms with Crippen molar-refractivity contribution in [3.05, 3.63) is 48.3 Å². The van der Waals surface area contributed by atoms with Gasteiger partial charge in [0, 0.05) is 44.8 Å². The number of benzene rings is 1. The van der Waals surface area contributed by atoms with Crippen LogP contribution in [0.3, 0.4) is 0 Å². The number of aromatic nitrogens is 2. The monoisotopic (exact) mass is 377 g/mol. The van der Waals surface area contributed by atoms with Crippen LogP contribution in [0.2, 0.25) is 0 Å². The largest absolute Gasteiger partial charge is 0.357 e. The summed E-state index contributed by atoms with van der Waals surface area (Å²) < 4.78 is 24.9. The van der Waals surface area contributed by atoms with Gasteiger partial charge in [-0.25, -0.2) is 8.42 Å². The molecular formula is C18H27N5O2S. The van der Waals surface area contributed by atoms with Crippen molar-refractivity contribution < 1.29 is 8.42 Å². The predicted octanol–water partition coefficient (Wildman–Crippen LogP) is 1.47. The highest BCUT2D eigenvalue weighted by Crippen LogP contribution is 2.10. The van der Waals surface area contributed by atoms with E-state index in [-0.39, 0.29) is 0 Å². The van der Waals surface area contributed by atoms with Crippen molar-refractivity contribution in [3.63, 3.8) is 0 Å². The lowest BCUT2D eigenvalue weighted by Crippen LogP contribution is -2.38. The molecule has 7 nitrogen and oxygen atoms in total. The lowest BCUT2D eigenvalue weighted by Gasteiger charge is -2.11. The van der Waals surface area contributed by atoms with Crippen LogP contribution in [-0.4, -0.2) is 50.0 Å². The fraction of sp³-hybridized carbons (Fsp3) is 0.444. The summed E-state index contributed by atoms with van der Waals surface area (Å²) in [5.74, 6) is 0.792. The highest BCUT2D eigenvalue weighted by Gasteiger charge is 2.06. The number of guanidine groups is 1. The zero-order chi connectivity index (χ0) is 18.8. The fourth-order valence-corrected chi connectivity index (χ4v) is 3.06. The summed E-state index contributed by atoms with van der Waals surface area (Å²) >= 11 is 0. The van der Waals surface area contributed by atoms with E-state index >= 15 is 0 Å². The topological polar surface area (TPSA) is 88.4 Å². The molecule has 1 aromatic carbocycles. The molecule has 0 saturated heterocycles. The quantitative estimate of drug-likeness (QED) is 0.393. The van der Waals surface area contributed by atoms with Gasteiger partial charge in [0.15, 0.2) is 15.8 Å². The normalized spacial score (nSPS) is 12.2. The first-order chi connectivity index (χ1) is 12.5. The fourth-order valence-electron chi connectivity index (χ4n) is 2.43. The van der Waals surface area contributed by atoms with Crippen LogP contribution >= 0.6 is 0 Å². The molecule has 0 spiro atoms. The summed E-state index contributed by atoms with van der Waals surface area (Å²) in [4.78, 5) is 4.91. The minimum Gasteiger partial charge on any atom is -0.357 e. The second-order valence-electron chi connectivity index (χ2n) is 5.98. The minimum absolute atomic E-state index is 0.348. The van der Waals surface area contributed by atoms with Crippen LogP contribution < -0.4 is 10.6 Å². The molecule has 0 aliphatic rings. The van der Waals surface area contributed by atoms with Gasteiger partial charge in [-0.05, 0) is 43.5 Å². The average molecular weight is 378 g/mol. The van der Waals surface area contributed by atoms with Crippen LogP contribution in [0.5, 0.6) is 0 Å². The van der Waals surface area contributed by atoms with E-state index < -0.39 is 9.84 Å². The first-order valence-electron chi connectivity index (χ1n) is 8.77. The molecule has 0 aliphatic heterocycles. The van der Waals surface area contributed by atoms with E-state index in [1.807, 2.05) is 36.0 Å². The van der Waals surface area contributed by atoms with Gasteiger partial charge in [-0.3, -0.25) is 9.67 Å². The molecule has 0 bridgehead atoms. The molecule has 26 heavy (non-hydrogen) atoms. The van der Waals surface area contributed by atoms with Gasteiger partial charge in [0.1, 0.15) is 0 Å². The van der Waals surface area contributed by atoms with E-state index in [2.05, 4.69) is 20.7 Å². The Labute approximate surface area is 155 Å². The summed E-state index contributed by atoms with van der Waals surface area (Å²) in [5.41, 5.74) is 1.08. The van der Waals surface area contributed by atoms with Crippen molar-refractivity contribution in [1.29, 1.82) is 0 Å². The van der Waals surface area contributed by atoms with Gasteiger partial charge in [-0.2, -0.15) is 5.10 Å². The minimum atomic E-state index is -3.14. The molecular weight excluding hydrogens is 350 g/mol. The summed E-state index contributed by atoms with van der Waals surface area (Å²) in [5, 5.41) is 10.7. The molecule has 8 heteroatoms. The van der Waals surface area contributed by atoms with E-state index in [0.717, 1.165) is 50.5 Å². The van der Waals surface area contributed by atoms with Gasteiger partial charge in [-0.15, -0.1) is 0 Å². The van der Waals surface area contributed by atoms with E-state index in [1.165, 1.54) is 6.26 Å². The molecule has 2 aromatic rings. The zero-order valence-corrected chi connectivity index (χ0v) is 16.2. The molecule has 2 N–H and O–H groups in total. The van der Waals surface area contributed by atoms with Crippen LogP contribution in [-0.2, 0) is 22.8 Å². The summed E-state index contributed by atoms with van der Waals surface area (Å²) in [6.07, 6.45) is 6.65. The van der Waals surface area contributed by atoms with Crippen molar-refractivity contribution in [3.8, 4) is 0 Å². The van der Waals surface area contributed by atoms with Gasteiger partial charge >= 0.3 is 0 Å². The van der Waals surface area contributed by atoms with Crippen molar-refractivity contribution in [2.75, 3.05) is 25.9 Å². The zero-order valence-electron chi connectivity index (χ0n) is 15.4. The highest BCUT2D eigenvalue weighted by atomic mass is 32.2. The first-order valence-corrected chi connectivity index (χ1v) is 10.7. The van der Waals surface area contributed by atoms with Crippen LogP contribution in [0, 0.1) is 0 Å². The summed E-state index contributed by atoms with van der Waals surface area (Å²) in [7, 11) is -3.14. The molecule has 0 atom stereocenters. The number of sulfone groups is 1. The van der Waals surface area contributed by atoms with Crippen molar-refractivity contribution in [2.45, 2.75) is 31.2 Å². The van der Waals surface area contributed by atoms with Gasteiger partial charge < -0.3 is 10.6 Å². The number of hydrogen-bond donors (Lipinski definition) is 2. The number of aryl methyl sites for hydroxylation is 1. The Morgan fingerprint density at radius 1 is 1.23 bits per heavy atom. The van der Waals surface area contributed by atoms with Crippen LogP contribution in [0.1, 0.15) is 18.9 Å². The van der Waals surface area contributed by atoms with E-state index in [9.17, 15) is 8.42 Å². The maximum Gasteiger partial charge on any atom is 0.191 e. The SMILES string of the molecule is CCNC(=NCCCn1cccn1)NCCc1ccc(S(C)(=O)=O)cc1. The number of nitrogens with one attached hydrogen (secondary N) is 2. The number of aliphatic imine (C=N–C) groups is 1. The van der Waals surface area contributed by atoms with Crippen LogP contribution in [0.15, 0.2) is 52.6 Å². The number of nitrogens with zero attached hydrogens (tertiary/aromatic N) is 3. The first kappa shape index (κ1) is 20.0. The Balaban J connectivity index is 1.77. The maximum absolute atomic E-state index is 11.5. The standard InChI is InChI=1S/C18H27N5O2S/c1-3-19-18(20-11-4-14-23-15-5-12-22-23)21-13-10-16-6-8-17(9-7-16)26(2,24)25/h5-9,12,15H,3-4,10-11,13-14H2,1-2H3,(H2,19,20,21). The molecule has 1 aromatic heterocycles. The number of hydrogen-bond acceptors (Lipinski definition) is 4. The Kier molecular flexibility index (Phi) is 7.65. The maximum atomic E-state index is 11.5. The Morgan fingerprint density at radius 2 is 2.00 bits per heavy atom. The van der Waals surface area contributed by atoms with Crippen molar-refractivity contribution >= 4 is 15.8 Å². The van der Waals surface area contributed by atoms with Gasteiger partial charge in [0.05, 0.1) is 4.90 Å². The third-order valence-electron chi connectivity index (χ3n) is 3.78. The second-order valence-corrected chi connectivity index (χ2v) is 7.99. The highest BCUT2D eigenvalue weighted by molar-refractivity contribution is 7.90. The summed E-state index contributed by atoms with van der Waals surface area (Å²) in [6.45, 7) is 5.13. The van der Waals surface area contributed by atoms with E-state index in [0.29, 0.717) is 4.90 Å². The molecule has 0 unspecified atom stereocenters.